The maximum atomic E-state index is 11.9. The predicted octanol–water partition coefficient (Wildman–Crippen LogP) is 0.791. The summed E-state index contributed by atoms with van der Waals surface area (Å²) >= 11 is 0. The Hall–Kier alpha value is -2.57. The standard InChI is InChI=1S/C13H18N6O/c1-2-15-13(20)10-4-3-9(14)7-11(10)16-6-5-12-17-8-18-19-12/h3-4,7-8,16H,2,5-6,14H2,1H3,(H,15,20)(H,17,18,19). The molecule has 0 fully saturated rings. The minimum Gasteiger partial charge on any atom is -0.399 e. The maximum Gasteiger partial charge on any atom is 0.253 e. The van der Waals surface area contributed by atoms with Crippen LogP contribution in [0.1, 0.15) is 23.1 Å². The van der Waals surface area contributed by atoms with Crippen molar-refractivity contribution in [3.63, 3.8) is 0 Å². The van der Waals surface area contributed by atoms with Gasteiger partial charge in [-0.25, -0.2) is 4.98 Å². The topological polar surface area (TPSA) is 109 Å². The number of carbonyl (C=O) groups excluding carboxylic acids is 1. The average molecular weight is 274 g/mol. The Labute approximate surface area is 117 Å². The van der Waals surface area contributed by atoms with Gasteiger partial charge in [-0.05, 0) is 25.1 Å². The van der Waals surface area contributed by atoms with Crippen molar-refractivity contribution in [2.75, 3.05) is 24.1 Å². The van der Waals surface area contributed by atoms with E-state index in [4.69, 9.17) is 5.73 Å². The third-order valence-corrected chi connectivity index (χ3v) is 2.77. The zero-order chi connectivity index (χ0) is 14.4. The number of hydrogen-bond donors (Lipinski definition) is 4. The van der Waals surface area contributed by atoms with Gasteiger partial charge in [0.2, 0.25) is 0 Å². The molecular weight excluding hydrogens is 256 g/mol. The minimum atomic E-state index is -0.116. The van der Waals surface area contributed by atoms with Gasteiger partial charge in [-0.3, -0.25) is 9.89 Å². The van der Waals surface area contributed by atoms with E-state index < -0.39 is 0 Å². The molecule has 0 aliphatic rings. The molecule has 1 aromatic heterocycles. The molecule has 7 nitrogen and oxygen atoms in total. The molecule has 0 saturated carbocycles. The fourth-order valence-corrected chi connectivity index (χ4v) is 1.83. The van der Waals surface area contributed by atoms with Crippen LogP contribution in [0, 0.1) is 0 Å². The molecule has 0 spiro atoms. The molecule has 0 radical (unpaired) electrons. The molecule has 2 aromatic rings. The number of nitrogens with one attached hydrogen (secondary N) is 3. The zero-order valence-corrected chi connectivity index (χ0v) is 11.3. The molecule has 0 aliphatic heterocycles. The lowest BCUT2D eigenvalue weighted by atomic mass is 10.1. The van der Waals surface area contributed by atoms with Gasteiger partial charge in [0.25, 0.3) is 5.91 Å². The Bertz CT molecular complexity index is 566. The first-order valence-corrected chi connectivity index (χ1v) is 6.46. The van der Waals surface area contributed by atoms with Gasteiger partial charge in [0.1, 0.15) is 12.2 Å². The molecule has 1 aromatic carbocycles. The van der Waals surface area contributed by atoms with Crippen LogP contribution < -0.4 is 16.4 Å². The Morgan fingerprint density at radius 2 is 2.30 bits per heavy atom. The van der Waals surface area contributed by atoms with Crippen LogP contribution >= 0.6 is 0 Å². The molecule has 0 saturated heterocycles. The molecule has 7 heteroatoms. The van der Waals surface area contributed by atoms with Crippen LogP contribution in [-0.4, -0.2) is 34.2 Å². The molecule has 5 N–H and O–H groups in total. The van der Waals surface area contributed by atoms with E-state index >= 15 is 0 Å². The highest BCUT2D eigenvalue weighted by Crippen LogP contribution is 2.19. The maximum absolute atomic E-state index is 11.9. The lowest BCUT2D eigenvalue weighted by Crippen LogP contribution is -2.24. The van der Waals surface area contributed by atoms with E-state index in [2.05, 4.69) is 25.8 Å². The number of hydrogen-bond acceptors (Lipinski definition) is 5. The summed E-state index contributed by atoms with van der Waals surface area (Å²) in [6, 6.07) is 5.19. The van der Waals surface area contributed by atoms with Crippen molar-refractivity contribution in [1.82, 2.24) is 20.5 Å². The van der Waals surface area contributed by atoms with Crippen molar-refractivity contribution in [3.8, 4) is 0 Å². The van der Waals surface area contributed by atoms with Gasteiger partial charge < -0.3 is 16.4 Å². The quantitative estimate of drug-likeness (QED) is 0.582. The fraction of sp³-hybridized carbons (Fsp3) is 0.308. The van der Waals surface area contributed by atoms with E-state index in [0.717, 1.165) is 11.5 Å². The Morgan fingerprint density at radius 1 is 1.45 bits per heavy atom. The Balaban J connectivity index is 2.05. The second-order valence-corrected chi connectivity index (χ2v) is 4.27. The Kier molecular flexibility index (Phi) is 4.54. The monoisotopic (exact) mass is 274 g/mol. The van der Waals surface area contributed by atoms with Gasteiger partial charge >= 0.3 is 0 Å². The van der Waals surface area contributed by atoms with Crippen LogP contribution in [0.2, 0.25) is 0 Å². The summed E-state index contributed by atoms with van der Waals surface area (Å²) in [7, 11) is 0. The molecule has 20 heavy (non-hydrogen) atoms. The number of aromatic nitrogens is 3. The van der Waals surface area contributed by atoms with Gasteiger partial charge in [-0.15, -0.1) is 0 Å². The predicted molar refractivity (Wildman–Crippen MR) is 77.4 cm³/mol. The number of nitrogens with zero attached hydrogens (tertiary/aromatic N) is 2. The van der Waals surface area contributed by atoms with Crippen molar-refractivity contribution in [1.29, 1.82) is 0 Å². The van der Waals surface area contributed by atoms with Crippen LogP contribution in [0.5, 0.6) is 0 Å². The van der Waals surface area contributed by atoms with E-state index in [-0.39, 0.29) is 5.91 Å². The molecule has 0 atom stereocenters. The highest BCUT2D eigenvalue weighted by Gasteiger charge is 2.10. The van der Waals surface area contributed by atoms with Gasteiger partial charge in [0.15, 0.2) is 0 Å². The van der Waals surface area contributed by atoms with Gasteiger partial charge in [-0.2, -0.15) is 5.10 Å². The third-order valence-electron chi connectivity index (χ3n) is 2.77. The molecule has 1 heterocycles. The van der Waals surface area contributed by atoms with Crippen LogP contribution in [0.25, 0.3) is 0 Å². The molecule has 2 rings (SSSR count). The van der Waals surface area contributed by atoms with Crippen molar-refractivity contribution in [2.45, 2.75) is 13.3 Å². The SMILES string of the molecule is CCNC(=O)c1ccc(N)cc1NCCc1ncn[nH]1. The number of anilines is 2. The van der Waals surface area contributed by atoms with Gasteiger partial charge in [0, 0.05) is 30.9 Å². The first-order valence-electron chi connectivity index (χ1n) is 6.46. The van der Waals surface area contributed by atoms with Crippen LogP contribution in [0.15, 0.2) is 24.5 Å². The van der Waals surface area contributed by atoms with Crippen LogP contribution in [-0.2, 0) is 6.42 Å². The molecule has 0 unspecified atom stereocenters. The van der Waals surface area contributed by atoms with Crippen LogP contribution in [0.3, 0.4) is 0 Å². The van der Waals surface area contributed by atoms with Crippen molar-refractivity contribution in [3.05, 3.63) is 35.9 Å². The highest BCUT2D eigenvalue weighted by molar-refractivity contribution is 6.00. The van der Waals surface area contributed by atoms with E-state index in [1.165, 1.54) is 6.33 Å². The highest BCUT2D eigenvalue weighted by atomic mass is 16.1. The number of nitrogen functional groups attached to an aromatic ring is 1. The van der Waals surface area contributed by atoms with E-state index in [1.807, 2.05) is 6.92 Å². The molecule has 106 valence electrons. The minimum absolute atomic E-state index is 0.116. The Morgan fingerprint density at radius 3 is 3.00 bits per heavy atom. The van der Waals surface area contributed by atoms with Crippen molar-refractivity contribution < 1.29 is 4.79 Å². The third kappa shape index (κ3) is 3.47. The summed E-state index contributed by atoms with van der Waals surface area (Å²) in [6.07, 6.45) is 2.15. The number of rotatable bonds is 6. The number of carbonyl (C=O) groups is 1. The molecule has 0 aliphatic carbocycles. The number of aromatic amines is 1. The fourth-order valence-electron chi connectivity index (χ4n) is 1.83. The number of nitrogens with two attached hydrogens (primary N) is 1. The van der Waals surface area contributed by atoms with E-state index in [9.17, 15) is 4.79 Å². The van der Waals surface area contributed by atoms with Gasteiger partial charge in [-0.1, -0.05) is 0 Å². The summed E-state index contributed by atoms with van der Waals surface area (Å²) in [4.78, 5) is 16.0. The second kappa shape index (κ2) is 6.55. The first kappa shape index (κ1) is 13.9. The number of benzene rings is 1. The molecule has 0 bridgehead atoms. The van der Waals surface area contributed by atoms with Crippen molar-refractivity contribution >= 4 is 17.3 Å². The molecular formula is C13H18N6O. The molecule has 1 amide bonds. The lowest BCUT2D eigenvalue weighted by Gasteiger charge is -2.12. The summed E-state index contributed by atoms with van der Waals surface area (Å²) in [6.45, 7) is 3.10. The number of H-pyrrole nitrogens is 1. The first-order chi connectivity index (χ1) is 9.70. The second-order valence-electron chi connectivity index (χ2n) is 4.27. The lowest BCUT2D eigenvalue weighted by molar-refractivity contribution is 0.0956. The summed E-state index contributed by atoms with van der Waals surface area (Å²) in [5, 5.41) is 12.6. The number of amides is 1. The smallest absolute Gasteiger partial charge is 0.253 e. The summed E-state index contributed by atoms with van der Waals surface area (Å²) in [5.41, 5.74) is 7.68. The normalized spacial score (nSPS) is 10.2. The van der Waals surface area contributed by atoms with Gasteiger partial charge in [0.05, 0.1) is 5.56 Å². The van der Waals surface area contributed by atoms with Crippen LogP contribution in [0.4, 0.5) is 11.4 Å². The zero-order valence-electron chi connectivity index (χ0n) is 11.3. The summed E-state index contributed by atoms with van der Waals surface area (Å²) in [5.74, 6) is 0.677. The van der Waals surface area contributed by atoms with E-state index in [1.54, 1.807) is 18.2 Å². The van der Waals surface area contributed by atoms with Crippen molar-refractivity contribution in [2.24, 2.45) is 0 Å². The average Bonchev–Trinajstić information content (AvgIpc) is 2.92. The van der Waals surface area contributed by atoms with E-state index in [0.29, 0.717) is 30.8 Å². The largest absolute Gasteiger partial charge is 0.399 e. The summed E-state index contributed by atoms with van der Waals surface area (Å²) < 4.78 is 0.